The van der Waals surface area contributed by atoms with Crippen LogP contribution in [0.5, 0.6) is 0 Å². The molecule has 2 rings (SSSR count). The van der Waals surface area contributed by atoms with Gasteiger partial charge in [0.1, 0.15) is 10.3 Å². The second-order valence-corrected chi connectivity index (χ2v) is 7.57. The quantitative estimate of drug-likeness (QED) is 0.677. The van der Waals surface area contributed by atoms with E-state index in [-0.39, 0.29) is 16.3 Å². The van der Waals surface area contributed by atoms with Gasteiger partial charge < -0.3 is 15.3 Å². The van der Waals surface area contributed by atoms with E-state index in [9.17, 15) is 9.90 Å². The Kier molecular flexibility index (Phi) is 7.35. The number of hydrogen-bond donors (Lipinski definition) is 2. The molecule has 0 spiro atoms. The molecular formula is C18H27Cl2N3O2. The summed E-state index contributed by atoms with van der Waals surface area (Å²) in [5.74, 6) is 0.311. The Morgan fingerprint density at radius 1 is 1.24 bits per heavy atom. The molecule has 0 aliphatic carbocycles. The van der Waals surface area contributed by atoms with E-state index in [4.69, 9.17) is 23.2 Å². The number of nitrogens with one attached hydrogen (secondary N) is 1. The molecule has 0 aromatic carbocycles. The van der Waals surface area contributed by atoms with Crippen LogP contribution in [0.15, 0.2) is 12.1 Å². The summed E-state index contributed by atoms with van der Waals surface area (Å²) in [6.45, 7) is 5.39. The van der Waals surface area contributed by atoms with Crippen LogP contribution in [-0.4, -0.2) is 39.7 Å². The number of urea groups is 1. The maximum absolute atomic E-state index is 12.4. The number of carbonyl (C=O) groups excluding carboxylic acids is 1. The Morgan fingerprint density at radius 2 is 1.76 bits per heavy atom. The highest BCUT2D eigenvalue weighted by Crippen LogP contribution is 2.35. The molecule has 0 radical (unpaired) electrons. The summed E-state index contributed by atoms with van der Waals surface area (Å²) in [6, 6.07) is 2.91. The van der Waals surface area contributed by atoms with E-state index in [1.807, 2.05) is 0 Å². The summed E-state index contributed by atoms with van der Waals surface area (Å²) in [7, 11) is 0. The standard InChI is InChI=1S/C18H27Cl2N3O2/c1-3-5-13(6-4-2)18(25)7-9-23(10-8-18)17(24)21-14-11-15(19)22-16(20)12-14/h11-13,25H,3-10H2,1-2H3,(H,21,22,24). The number of hydrogen-bond acceptors (Lipinski definition) is 3. The van der Waals surface area contributed by atoms with Gasteiger partial charge in [-0.15, -0.1) is 0 Å². The lowest BCUT2D eigenvalue weighted by atomic mass is 9.75. The van der Waals surface area contributed by atoms with Crippen LogP contribution in [0.25, 0.3) is 0 Å². The van der Waals surface area contributed by atoms with Crippen molar-refractivity contribution in [2.24, 2.45) is 5.92 Å². The lowest BCUT2D eigenvalue weighted by molar-refractivity contribution is -0.0651. The summed E-state index contributed by atoms with van der Waals surface area (Å²) in [5, 5.41) is 14.3. The molecule has 1 aliphatic rings. The van der Waals surface area contributed by atoms with Gasteiger partial charge in [0.05, 0.1) is 5.60 Å². The Balaban J connectivity index is 1.95. The molecule has 1 aliphatic heterocycles. The van der Waals surface area contributed by atoms with E-state index in [2.05, 4.69) is 24.1 Å². The highest BCUT2D eigenvalue weighted by Gasteiger charge is 2.39. The van der Waals surface area contributed by atoms with E-state index in [1.165, 1.54) is 0 Å². The molecule has 2 amide bonds. The van der Waals surface area contributed by atoms with E-state index < -0.39 is 5.60 Å². The molecule has 0 unspecified atom stereocenters. The van der Waals surface area contributed by atoms with Gasteiger partial charge in [0.25, 0.3) is 0 Å². The van der Waals surface area contributed by atoms with Crippen LogP contribution in [0.4, 0.5) is 10.5 Å². The average molecular weight is 388 g/mol. The van der Waals surface area contributed by atoms with E-state index in [1.54, 1.807) is 17.0 Å². The third-order valence-electron chi connectivity index (χ3n) is 4.96. The minimum Gasteiger partial charge on any atom is -0.389 e. The number of halogens is 2. The van der Waals surface area contributed by atoms with Crippen molar-refractivity contribution >= 4 is 34.9 Å². The number of nitrogens with zero attached hydrogens (tertiary/aromatic N) is 2. The molecule has 5 nitrogen and oxygen atoms in total. The second-order valence-electron chi connectivity index (χ2n) is 6.80. The summed E-state index contributed by atoms with van der Waals surface area (Å²) < 4.78 is 0. The van der Waals surface area contributed by atoms with E-state index >= 15 is 0 Å². The Hall–Kier alpha value is -1.04. The van der Waals surface area contributed by atoms with Crippen molar-refractivity contribution in [1.82, 2.24) is 9.88 Å². The molecule has 1 aromatic rings. The average Bonchev–Trinajstić information content (AvgIpc) is 2.54. The van der Waals surface area contributed by atoms with Crippen LogP contribution in [-0.2, 0) is 0 Å². The van der Waals surface area contributed by atoms with Crippen LogP contribution in [0.2, 0.25) is 10.3 Å². The van der Waals surface area contributed by atoms with Crippen molar-refractivity contribution in [2.45, 2.75) is 58.0 Å². The molecule has 140 valence electrons. The number of anilines is 1. The molecule has 0 saturated carbocycles. The van der Waals surface area contributed by atoms with Crippen LogP contribution in [0.1, 0.15) is 52.4 Å². The first kappa shape index (κ1) is 20.3. The van der Waals surface area contributed by atoms with Gasteiger partial charge in [-0.3, -0.25) is 0 Å². The number of pyridine rings is 1. The first-order chi connectivity index (χ1) is 11.9. The van der Waals surface area contributed by atoms with Gasteiger partial charge in [-0.2, -0.15) is 0 Å². The topological polar surface area (TPSA) is 65.5 Å². The lowest BCUT2D eigenvalue weighted by Crippen LogP contribution is -2.51. The van der Waals surface area contributed by atoms with Crippen molar-refractivity contribution in [2.75, 3.05) is 18.4 Å². The van der Waals surface area contributed by atoms with Gasteiger partial charge >= 0.3 is 6.03 Å². The van der Waals surface area contributed by atoms with Crippen molar-refractivity contribution in [3.05, 3.63) is 22.4 Å². The fourth-order valence-electron chi connectivity index (χ4n) is 3.62. The zero-order valence-electron chi connectivity index (χ0n) is 14.9. The molecular weight excluding hydrogens is 361 g/mol. The number of amides is 2. The number of carbonyl (C=O) groups is 1. The van der Waals surface area contributed by atoms with Gasteiger partial charge in [0, 0.05) is 18.8 Å². The monoisotopic (exact) mass is 387 g/mol. The van der Waals surface area contributed by atoms with Gasteiger partial charge in [0.2, 0.25) is 0 Å². The smallest absolute Gasteiger partial charge is 0.321 e. The van der Waals surface area contributed by atoms with Crippen LogP contribution in [0.3, 0.4) is 0 Å². The fourth-order valence-corrected chi connectivity index (χ4v) is 4.08. The van der Waals surface area contributed by atoms with E-state index in [0.29, 0.717) is 37.5 Å². The molecule has 1 fully saturated rings. The van der Waals surface area contributed by atoms with Crippen LogP contribution < -0.4 is 5.32 Å². The largest absolute Gasteiger partial charge is 0.389 e. The normalized spacial score (nSPS) is 17.0. The maximum Gasteiger partial charge on any atom is 0.321 e. The summed E-state index contributed by atoms with van der Waals surface area (Å²) in [6.07, 6.45) is 5.43. The number of aliphatic hydroxyl groups is 1. The van der Waals surface area contributed by atoms with Crippen molar-refractivity contribution in [3.63, 3.8) is 0 Å². The summed E-state index contributed by atoms with van der Waals surface area (Å²) >= 11 is 11.7. The van der Waals surface area contributed by atoms with Crippen LogP contribution >= 0.6 is 23.2 Å². The molecule has 25 heavy (non-hydrogen) atoms. The molecule has 2 heterocycles. The molecule has 1 aromatic heterocycles. The Labute approximate surface area is 159 Å². The number of likely N-dealkylation sites (tertiary alicyclic amines) is 1. The lowest BCUT2D eigenvalue weighted by Gasteiger charge is -2.43. The molecule has 0 atom stereocenters. The first-order valence-corrected chi connectivity index (χ1v) is 9.75. The molecule has 2 N–H and O–H groups in total. The van der Waals surface area contributed by atoms with Crippen molar-refractivity contribution < 1.29 is 9.90 Å². The maximum atomic E-state index is 12.4. The van der Waals surface area contributed by atoms with Crippen LogP contribution in [0, 0.1) is 5.92 Å². The zero-order chi connectivity index (χ0) is 18.4. The summed E-state index contributed by atoms with van der Waals surface area (Å²) in [4.78, 5) is 18.0. The van der Waals surface area contributed by atoms with E-state index in [0.717, 1.165) is 25.7 Å². The van der Waals surface area contributed by atoms with Gasteiger partial charge in [0.15, 0.2) is 0 Å². The minimum absolute atomic E-state index is 0.206. The van der Waals surface area contributed by atoms with Gasteiger partial charge in [-0.1, -0.05) is 49.9 Å². The minimum atomic E-state index is -0.661. The first-order valence-electron chi connectivity index (χ1n) is 8.99. The third-order valence-corrected chi connectivity index (χ3v) is 5.35. The highest BCUT2D eigenvalue weighted by atomic mass is 35.5. The van der Waals surface area contributed by atoms with Crippen molar-refractivity contribution in [1.29, 1.82) is 0 Å². The van der Waals surface area contributed by atoms with Crippen molar-refractivity contribution in [3.8, 4) is 0 Å². The number of aromatic nitrogens is 1. The molecule has 1 saturated heterocycles. The zero-order valence-corrected chi connectivity index (χ0v) is 16.4. The number of rotatable bonds is 6. The molecule has 7 heteroatoms. The summed E-state index contributed by atoms with van der Waals surface area (Å²) in [5.41, 5.74) is -0.141. The highest BCUT2D eigenvalue weighted by molar-refractivity contribution is 6.32. The Bertz CT molecular complexity index is 563. The van der Waals surface area contributed by atoms with Gasteiger partial charge in [-0.05, 0) is 43.7 Å². The number of piperidine rings is 1. The molecule has 0 bridgehead atoms. The predicted octanol–water partition coefficient (Wildman–Crippen LogP) is 4.96. The van der Waals surface area contributed by atoms with Gasteiger partial charge in [-0.25, -0.2) is 9.78 Å². The fraction of sp³-hybridized carbons (Fsp3) is 0.667. The Morgan fingerprint density at radius 3 is 2.24 bits per heavy atom. The predicted molar refractivity (Wildman–Crippen MR) is 102 cm³/mol. The SMILES string of the molecule is CCCC(CCC)C1(O)CCN(C(=O)Nc2cc(Cl)nc(Cl)c2)CC1. The third kappa shape index (κ3) is 5.47. The second kappa shape index (κ2) is 9.06.